The van der Waals surface area contributed by atoms with Crippen molar-refractivity contribution in [3.8, 4) is 6.07 Å². The molecular formula is C14H7ClF2N2O. The third-order valence-corrected chi connectivity index (χ3v) is 2.84. The number of carbonyl (C=O) groups is 1. The summed E-state index contributed by atoms with van der Waals surface area (Å²) in [6.07, 6.45) is 0. The van der Waals surface area contributed by atoms with Gasteiger partial charge < -0.3 is 5.32 Å². The van der Waals surface area contributed by atoms with Gasteiger partial charge in [0, 0.05) is 5.56 Å². The summed E-state index contributed by atoms with van der Waals surface area (Å²) in [6, 6.07) is 8.71. The first-order chi connectivity index (χ1) is 9.51. The maximum absolute atomic E-state index is 13.3. The quantitative estimate of drug-likeness (QED) is 0.916. The molecule has 0 aromatic heterocycles. The van der Waals surface area contributed by atoms with Gasteiger partial charge in [0.1, 0.15) is 17.7 Å². The molecule has 0 saturated heterocycles. The molecule has 0 saturated carbocycles. The molecule has 0 atom stereocenters. The van der Waals surface area contributed by atoms with Crippen LogP contribution >= 0.6 is 11.6 Å². The molecule has 6 heteroatoms. The first-order valence-electron chi connectivity index (χ1n) is 5.47. The van der Waals surface area contributed by atoms with E-state index in [2.05, 4.69) is 5.32 Å². The first kappa shape index (κ1) is 14.0. The van der Waals surface area contributed by atoms with Crippen LogP contribution in [0.1, 0.15) is 15.9 Å². The highest BCUT2D eigenvalue weighted by Gasteiger charge is 2.11. The Kier molecular flexibility index (Phi) is 3.97. The van der Waals surface area contributed by atoms with Crippen molar-refractivity contribution in [3.63, 3.8) is 0 Å². The van der Waals surface area contributed by atoms with E-state index in [0.29, 0.717) is 0 Å². The van der Waals surface area contributed by atoms with E-state index < -0.39 is 17.5 Å². The van der Waals surface area contributed by atoms with E-state index in [0.717, 1.165) is 18.2 Å². The monoisotopic (exact) mass is 292 g/mol. The molecule has 0 aliphatic heterocycles. The van der Waals surface area contributed by atoms with Gasteiger partial charge in [-0.05, 0) is 36.4 Å². The van der Waals surface area contributed by atoms with Crippen molar-refractivity contribution < 1.29 is 13.6 Å². The van der Waals surface area contributed by atoms with Crippen LogP contribution in [-0.2, 0) is 0 Å². The minimum absolute atomic E-state index is 0.0206. The second-order valence-electron chi connectivity index (χ2n) is 3.88. The molecule has 1 amide bonds. The summed E-state index contributed by atoms with van der Waals surface area (Å²) in [7, 11) is 0. The number of carbonyl (C=O) groups excluding carboxylic acids is 1. The maximum Gasteiger partial charge on any atom is 0.255 e. The van der Waals surface area contributed by atoms with Crippen LogP contribution in [0.5, 0.6) is 0 Å². The van der Waals surface area contributed by atoms with E-state index in [1.165, 1.54) is 18.2 Å². The van der Waals surface area contributed by atoms with Crippen molar-refractivity contribution in [3.05, 3.63) is 64.2 Å². The molecule has 0 radical (unpaired) electrons. The van der Waals surface area contributed by atoms with Gasteiger partial charge in [0.15, 0.2) is 0 Å². The lowest BCUT2D eigenvalue weighted by Crippen LogP contribution is -2.13. The minimum atomic E-state index is -0.723. The first-order valence-corrected chi connectivity index (χ1v) is 5.85. The minimum Gasteiger partial charge on any atom is -0.321 e. The van der Waals surface area contributed by atoms with Gasteiger partial charge in [0.25, 0.3) is 5.91 Å². The number of nitrogens with one attached hydrogen (secondary N) is 1. The number of nitrogens with zero attached hydrogens (tertiary/aromatic N) is 1. The van der Waals surface area contributed by atoms with Crippen molar-refractivity contribution in [1.82, 2.24) is 0 Å². The molecule has 0 bridgehead atoms. The lowest BCUT2D eigenvalue weighted by atomic mass is 10.1. The van der Waals surface area contributed by atoms with Crippen molar-refractivity contribution in [2.45, 2.75) is 0 Å². The molecule has 1 N–H and O–H groups in total. The molecule has 0 spiro atoms. The Hall–Kier alpha value is -2.45. The van der Waals surface area contributed by atoms with E-state index in [9.17, 15) is 13.6 Å². The Morgan fingerprint density at radius 1 is 1.20 bits per heavy atom. The third-order valence-electron chi connectivity index (χ3n) is 2.53. The fourth-order valence-corrected chi connectivity index (χ4v) is 1.67. The van der Waals surface area contributed by atoms with Crippen LogP contribution in [0.3, 0.4) is 0 Å². The topological polar surface area (TPSA) is 52.9 Å². The summed E-state index contributed by atoms with van der Waals surface area (Å²) in [6.45, 7) is 0. The molecule has 3 nitrogen and oxygen atoms in total. The molecule has 20 heavy (non-hydrogen) atoms. The molecule has 0 aliphatic rings. The van der Waals surface area contributed by atoms with Gasteiger partial charge in [0.2, 0.25) is 0 Å². The van der Waals surface area contributed by atoms with Gasteiger partial charge in [-0.3, -0.25) is 4.79 Å². The van der Waals surface area contributed by atoms with Crippen molar-refractivity contribution in [2.75, 3.05) is 5.32 Å². The lowest BCUT2D eigenvalue weighted by Gasteiger charge is -2.07. The highest BCUT2D eigenvalue weighted by molar-refractivity contribution is 6.30. The summed E-state index contributed by atoms with van der Waals surface area (Å²) in [4.78, 5) is 11.9. The summed E-state index contributed by atoms with van der Waals surface area (Å²) in [5, 5.41) is 11.2. The predicted molar refractivity (Wildman–Crippen MR) is 70.5 cm³/mol. The van der Waals surface area contributed by atoms with E-state index >= 15 is 0 Å². The Bertz CT molecular complexity index is 726. The Morgan fingerprint density at radius 3 is 2.60 bits per heavy atom. The smallest absolute Gasteiger partial charge is 0.255 e. The highest BCUT2D eigenvalue weighted by atomic mass is 35.5. The van der Waals surface area contributed by atoms with Gasteiger partial charge in [-0.15, -0.1) is 0 Å². The third kappa shape index (κ3) is 2.92. The lowest BCUT2D eigenvalue weighted by molar-refractivity contribution is 0.102. The second kappa shape index (κ2) is 5.68. The summed E-state index contributed by atoms with van der Waals surface area (Å²) in [5.74, 6) is -1.93. The largest absolute Gasteiger partial charge is 0.321 e. The standard InChI is InChI=1S/C14H7ClF2N2O/c15-11-3-1-8(6-12(11)17)14(20)19-13-4-2-10(16)5-9(13)7-18/h1-6H,(H,19,20). The number of hydrogen-bond acceptors (Lipinski definition) is 2. The molecule has 2 aromatic carbocycles. The molecule has 100 valence electrons. The number of benzene rings is 2. The van der Waals surface area contributed by atoms with E-state index in [1.54, 1.807) is 6.07 Å². The average Bonchev–Trinajstić information content (AvgIpc) is 2.43. The van der Waals surface area contributed by atoms with Gasteiger partial charge in [-0.25, -0.2) is 8.78 Å². The normalized spacial score (nSPS) is 9.90. The Balaban J connectivity index is 2.28. The summed E-state index contributed by atoms with van der Waals surface area (Å²) in [5.41, 5.74) is 0.169. The van der Waals surface area contributed by atoms with Crippen LogP contribution in [0.4, 0.5) is 14.5 Å². The van der Waals surface area contributed by atoms with E-state index in [-0.39, 0.29) is 21.8 Å². The molecule has 0 heterocycles. The zero-order chi connectivity index (χ0) is 14.7. The fraction of sp³-hybridized carbons (Fsp3) is 0. The molecule has 0 fully saturated rings. The number of rotatable bonds is 2. The Labute approximate surface area is 118 Å². The highest BCUT2D eigenvalue weighted by Crippen LogP contribution is 2.19. The van der Waals surface area contributed by atoms with Gasteiger partial charge in [-0.2, -0.15) is 5.26 Å². The average molecular weight is 293 g/mol. The Morgan fingerprint density at radius 2 is 1.95 bits per heavy atom. The number of hydrogen-bond donors (Lipinski definition) is 1. The van der Waals surface area contributed by atoms with Gasteiger partial charge in [0.05, 0.1) is 16.3 Å². The van der Waals surface area contributed by atoms with Crippen LogP contribution in [-0.4, -0.2) is 5.91 Å². The fourth-order valence-electron chi connectivity index (χ4n) is 1.55. The number of amides is 1. The van der Waals surface area contributed by atoms with Crippen molar-refractivity contribution in [2.24, 2.45) is 0 Å². The van der Waals surface area contributed by atoms with Gasteiger partial charge >= 0.3 is 0 Å². The molecule has 0 unspecified atom stereocenters. The van der Waals surface area contributed by atoms with E-state index in [4.69, 9.17) is 16.9 Å². The SMILES string of the molecule is N#Cc1cc(F)ccc1NC(=O)c1ccc(Cl)c(F)c1. The summed E-state index contributed by atoms with van der Waals surface area (Å²) < 4.78 is 26.2. The van der Waals surface area contributed by atoms with E-state index in [1.807, 2.05) is 0 Å². The van der Waals surface area contributed by atoms with Crippen LogP contribution in [0.2, 0.25) is 5.02 Å². The number of anilines is 1. The van der Waals surface area contributed by atoms with Crippen molar-refractivity contribution >= 4 is 23.2 Å². The van der Waals surface area contributed by atoms with Crippen LogP contribution in [0.25, 0.3) is 0 Å². The molecule has 2 rings (SSSR count). The number of nitriles is 1. The zero-order valence-corrected chi connectivity index (χ0v) is 10.7. The van der Waals surface area contributed by atoms with Crippen molar-refractivity contribution in [1.29, 1.82) is 5.26 Å². The van der Waals surface area contributed by atoms with Crippen LogP contribution in [0.15, 0.2) is 36.4 Å². The molecule has 0 aliphatic carbocycles. The molecule has 2 aromatic rings. The maximum atomic E-state index is 13.3. The number of halogens is 3. The second-order valence-corrected chi connectivity index (χ2v) is 4.29. The summed E-state index contributed by atoms with van der Waals surface area (Å²) >= 11 is 5.52. The zero-order valence-electron chi connectivity index (χ0n) is 9.95. The van der Waals surface area contributed by atoms with Crippen LogP contribution in [0, 0.1) is 23.0 Å². The van der Waals surface area contributed by atoms with Gasteiger partial charge in [-0.1, -0.05) is 11.6 Å². The predicted octanol–water partition coefficient (Wildman–Crippen LogP) is 3.74. The van der Waals surface area contributed by atoms with Crippen LogP contribution < -0.4 is 5.32 Å². The molecular weight excluding hydrogens is 286 g/mol.